The lowest BCUT2D eigenvalue weighted by Crippen LogP contribution is -2.34. The van der Waals surface area contributed by atoms with Crippen LogP contribution in [-0.2, 0) is 0 Å². The van der Waals surface area contributed by atoms with E-state index in [-0.39, 0.29) is 11.9 Å². The van der Waals surface area contributed by atoms with Crippen molar-refractivity contribution in [3.05, 3.63) is 28.5 Å². The minimum absolute atomic E-state index is 0.206. The molecule has 1 aromatic carbocycles. The molecule has 2 nitrogen and oxygen atoms in total. The Hall–Kier alpha value is -0.610. The van der Waals surface area contributed by atoms with E-state index in [0.29, 0.717) is 10.2 Å². The fraction of sp³-hybridized carbons (Fsp3) is 0.500. The SMILES string of the molecule is O[C@H]1CCCC[C@@H]1Oc1cc(F)cc(Br)c1. The van der Waals surface area contributed by atoms with Gasteiger partial charge in [0.05, 0.1) is 6.10 Å². The highest BCUT2D eigenvalue weighted by molar-refractivity contribution is 9.10. The average molecular weight is 289 g/mol. The number of benzene rings is 1. The predicted octanol–water partition coefficient (Wildman–Crippen LogP) is 3.27. The Kier molecular flexibility index (Phi) is 3.82. The van der Waals surface area contributed by atoms with Gasteiger partial charge in [-0.3, -0.25) is 0 Å². The number of halogens is 2. The maximum Gasteiger partial charge on any atom is 0.128 e. The molecule has 2 atom stereocenters. The van der Waals surface area contributed by atoms with Crippen LogP contribution in [-0.4, -0.2) is 17.3 Å². The van der Waals surface area contributed by atoms with Gasteiger partial charge in [-0.15, -0.1) is 0 Å². The Balaban J connectivity index is 2.07. The lowest BCUT2D eigenvalue weighted by molar-refractivity contribution is 0.00670. The molecule has 0 amide bonds. The average Bonchev–Trinajstić information content (AvgIpc) is 2.20. The van der Waals surface area contributed by atoms with Crippen molar-refractivity contribution < 1.29 is 14.2 Å². The van der Waals surface area contributed by atoms with Gasteiger partial charge in [0.15, 0.2) is 0 Å². The van der Waals surface area contributed by atoms with Gasteiger partial charge < -0.3 is 9.84 Å². The second kappa shape index (κ2) is 5.15. The molecule has 1 N–H and O–H groups in total. The van der Waals surface area contributed by atoms with Crippen LogP contribution in [0.15, 0.2) is 22.7 Å². The highest BCUT2D eigenvalue weighted by atomic mass is 79.9. The van der Waals surface area contributed by atoms with E-state index >= 15 is 0 Å². The standard InChI is InChI=1S/C12H14BrFO2/c13-8-5-9(14)7-10(6-8)16-12-4-2-1-3-11(12)15/h5-7,11-12,15H,1-4H2/t11-,12-/m0/s1. The number of ether oxygens (including phenoxy) is 1. The van der Waals surface area contributed by atoms with Crippen molar-refractivity contribution in [2.24, 2.45) is 0 Å². The van der Waals surface area contributed by atoms with E-state index in [1.807, 2.05) is 0 Å². The van der Waals surface area contributed by atoms with Crippen LogP contribution in [0.1, 0.15) is 25.7 Å². The summed E-state index contributed by atoms with van der Waals surface area (Å²) >= 11 is 3.21. The van der Waals surface area contributed by atoms with Crippen molar-refractivity contribution in [2.75, 3.05) is 0 Å². The first-order chi connectivity index (χ1) is 7.65. The molecule has 0 spiro atoms. The highest BCUT2D eigenvalue weighted by Gasteiger charge is 2.24. The molecule has 4 heteroatoms. The maximum atomic E-state index is 13.1. The van der Waals surface area contributed by atoms with E-state index in [1.165, 1.54) is 12.1 Å². The molecule has 0 heterocycles. The van der Waals surface area contributed by atoms with Gasteiger partial charge in [-0.1, -0.05) is 22.4 Å². The third-order valence-electron chi connectivity index (χ3n) is 2.79. The lowest BCUT2D eigenvalue weighted by atomic mass is 9.95. The van der Waals surface area contributed by atoms with Gasteiger partial charge >= 0.3 is 0 Å². The van der Waals surface area contributed by atoms with Crippen LogP contribution in [0.2, 0.25) is 0 Å². The minimum atomic E-state index is -0.434. The van der Waals surface area contributed by atoms with E-state index in [2.05, 4.69) is 15.9 Å². The van der Waals surface area contributed by atoms with Gasteiger partial charge in [-0.25, -0.2) is 4.39 Å². The molecule has 0 aliphatic heterocycles. The van der Waals surface area contributed by atoms with E-state index in [0.717, 1.165) is 25.7 Å². The first-order valence-corrected chi connectivity index (χ1v) is 6.25. The topological polar surface area (TPSA) is 29.5 Å². The summed E-state index contributed by atoms with van der Waals surface area (Å²) in [6.45, 7) is 0. The number of rotatable bonds is 2. The molecule has 1 saturated carbocycles. The summed E-state index contributed by atoms with van der Waals surface area (Å²) in [5, 5.41) is 9.74. The summed E-state index contributed by atoms with van der Waals surface area (Å²) in [7, 11) is 0. The quantitative estimate of drug-likeness (QED) is 0.905. The Bertz CT molecular complexity index is 350. The highest BCUT2D eigenvalue weighted by Crippen LogP contribution is 2.26. The smallest absolute Gasteiger partial charge is 0.128 e. The Labute approximate surface area is 103 Å². The van der Waals surface area contributed by atoms with Crippen molar-refractivity contribution in [1.82, 2.24) is 0 Å². The lowest BCUT2D eigenvalue weighted by Gasteiger charge is -2.28. The molecule has 88 valence electrons. The molecule has 1 aromatic rings. The Morgan fingerprint density at radius 1 is 1.25 bits per heavy atom. The molecule has 0 saturated heterocycles. The predicted molar refractivity (Wildman–Crippen MR) is 63.0 cm³/mol. The van der Waals surface area contributed by atoms with Crippen LogP contribution in [0.3, 0.4) is 0 Å². The molecular formula is C12H14BrFO2. The third-order valence-corrected chi connectivity index (χ3v) is 3.25. The van der Waals surface area contributed by atoms with E-state index in [4.69, 9.17) is 4.74 Å². The van der Waals surface area contributed by atoms with Crippen LogP contribution in [0.5, 0.6) is 5.75 Å². The zero-order valence-electron chi connectivity index (χ0n) is 8.83. The largest absolute Gasteiger partial charge is 0.488 e. The molecule has 2 rings (SSSR count). The second-order valence-corrected chi connectivity index (χ2v) is 5.03. The first-order valence-electron chi connectivity index (χ1n) is 5.46. The van der Waals surface area contributed by atoms with Crippen LogP contribution in [0.25, 0.3) is 0 Å². The van der Waals surface area contributed by atoms with Crippen LogP contribution >= 0.6 is 15.9 Å². The van der Waals surface area contributed by atoms with Gasteiger partial charge in [0, 0.05) is 10.5 Å². The molecule has 0 aromatic heterocycles. The van der Waals surface area contributed by atoms with Crippen molar-refractivity contribution >= 4 is 15.9 Å². The summed E-state index contributed by atoms with van der Waals surface area (Å²) in [5.74, 6) is 0.132. The monoisotopic (exact) mass is 288 g/mol. The van der Waals surface area contributed by atoms with E-state index < -0.39 is 6.10 Å². The maximum absolute atomic E-state index is 13.1. The van der Waals surface area contributed by atoms with Crippen LogP contribution in [0.4, 0.5) is 4.39 Å². The molecule has 0 unspecified atom stereocenters. The summed E-state index contributed by atoms with van der Waals surface area (Å²) in [5.41, 5.74) is 0. The van der Waals surface area contributed by atoms with Crippen LogP contribution in [0, 0.1) is 5.82 Å². The van der Waals surface area contributed by atoms with Gasteiger partial charge in [-0.05, 0) is 31.4 Å². The summed E-state index contributed by atoms with van der Waals surface area (Å²) in [6, 6.07) is 4.43. The van der Waals surface area contributed by atoms with E-state index in [9.17, 15) is 9.50 Å². The fourth-order valence-corrected chi connectivity index (χ4v) is 2.43. The minimum Gasteiger partial charge on any atom is -0.488 e. The van der Waals surface area contributed by atoms with Gasteiger partial charge in [0.1, 0.15) is 17.7 Å². The van der Waals surface area contributed by atoms with Gasteiger partial charge in [-0.2, -0.15) is 0 Å². The third kappa shape index (κ3) is 2.95. The molecule has 0 radical (unpaired) electrons. The number of aliphatic hydroxyl groups excluding tert-OH is 1. The molecule has 16 heavy (non-hydrogen) atoms. The Morgan fingerprint density at radius 2 is 2.00 bits per heavy atom. The van der Waals surface area contributed by atoms with Crippen molar-refractivity contribution in [3.63, 3.8) is 0 Å². The van der Waals surface area contributed by atoms with Crippen molar-refractivity contribution in [3.8, 4) is 5.75 Å². The van der Waals surface area contributed by atoms with E-state index in [1.54, 1.807) is 6.07 Å². The van der Waals surface area contributed by atoms with Crippen LogP contribution < -0.4 is 4.74 Å². The molecular weight excluding hydrogens is 275 g/mol. The normalized spacial score (nSPS) is 25.4. The first kappa shape index (κ1) is 11.9. The zero-order valence-corrected chi connectivity index (χ0v) is 10.4. The summed E-state index contributed by atoms with van der Waals surface area (Å²) < 4.78 is 19.4. The molecule has 0 bridgehead atoms. The summed E-state index contributed by atoms with van der Waals surface area (Å²) in [4.78, 5) is 0. The van der Waals surface area contributed by atoms with Crippen molar-refractivity contribution in [2.45, 2.75) is 37.9 Å². The Morgan fingerprint density at radius 3 is 2.69 bits per heavy atom. The van der Waals surface area contributed by atoms with Gasteiger partial charge in [0.25, 0.3) is 0 Å². The second-order valence-electron chi connectivity index (χ2n) is 4.11. The summed E-state index contributed by atoms with van der Waals surface area (Å²) in [6.07, 6.45) is 3.04. The molecule has 1 aliphatic rings. The fourth-order valence-electron chi connectivity index (χ4n) is 1.99. The number of hydrogen-bond donors (Lipinski definition) is 1. The molecule has 1 fully saturated rings. The van der Waals surface area contributed by atoms with Crippen molar-refractivity contribution in [1.29, 1.82) is 0 Å². The number of aliphatic hydroxyl groups is 1. The molecule has 1 aliphatic carbocycles. The number of hydrogen-bond acceptors (Lipinski definition) is 2. The zero-order chi connectivity index (χ0) is 11.5. The van der Waals surface area contributed by atoms with Gasteiger partial charge in [0.2, 0.25) is 0 Å².